The molecule has 106 valence electrons. The third-order valence-corrected chi connectivity index (χ3v) is 5.94. The fourth-order valence-corrected chi connectivity index (χ4v) is 4.54. The van der Waals surface area contributed by atoms with Crippen LogP contribution >= 0.6 is 0 Å². The first kappa shape index (κ1) is 14.3. The minimum atomic E-state index is -0.486. The predicted molar refractivity (Wildman–Crippen MR) is 76.2 cm³/mol. The molecule has 0 radical (unpaired) electrons. The van der Waals surface area contributed by atoms with Crippen molar-refractivity contribution in [1.82, 2.24) is 0 Å². The molecule has 2 fully saturated rings. The number of nitrogens with two attached hydrogens (primary N) is 1. The van der Waals surface area contributed by atoms with Crippen molar-refractivity contribution in [3.05, 3.63) is 0 Å². The van der Waals surface area contributed by atoms with E-state index in [1.54, 1.807) is 0 Å². The van der Waals surface area contributed by atoms with E-state index in [9.17, 15) is 5.11 Å². The van der Waals surface area contributed by atoms with E-state index < -0.39 is 5.60 Å². The zero-order valence-electron chi connectivity index (χ0n) is 12.4. The van der Waals surface area contributed by atoms with Crippen LogP contribution in [0, 0.1) is 23.2 Å². The van der Waals surface area contributed by atoms with Crippen LogP contribution < -0.4 is 5.73 Å². The van der Waals surface area contributed by atoms with Crippen molar-refractivity contribution < 1.29 is 5.11 Å². The molecule has 4 atom stereocenters. The van der Waals surface area contributed by atoms with Gasteiger partial charge >= 0.3 is 0 Å². The van der Waals surface area contributed by atoms with E-state index in [0.29, 0.717) is 18.4 Å². The fraction of sp³-hybridized carbons (Fsp3) is 1.00. The molecule has 2 aliphatic carbocycles. The van der Waals surface area contributed by atoms with Gasteiger partial charge in [-0.15, -0.1) is 0 Å². The zero-order valence-corrected chi connectivity index (χ0v) is 12.4. The van der Waals surface area contributed by atoms with Crippen LogP contribution in [0.25, 0.3) is 0 Å². The summed E-state index contributed by atoms with van der Waals surface area (Å²) < 4.78 is 0. The summed E-state index contributed by atoms with van der Waals surface area (Å²) in [7, 11) is 0. The highest BCUT2D eigenvalue weighted by Gasteiger charge is 2.53. The molecule has 0 aromatic carbocycles. The summed E-state index contributed by atoms with van der Waals surface area (Å²) >= 11 is 0. The highest BCUT2D eigenvalue weighted by Crippen LogP contribution is 2.54. The van der Waals surface area contributed by atoms with Gasteiger partial charge in [0.1, 0.15) is 0 Å². The van der Waals surface area contributed by atoms with Crippen molar-refractivity contribution in [3.8, 4) is 0 Å². The first-order valence-electron chi connectivity index (χ1n) is 7.85. The molecule has 4 unspecified atom stereocenters. The Hall–Kier alpha value is -0.0800. The Morgan fingerprint density at radius 2 is 1.94 bits per heavy atom. The first-order valence-corrected chi connectivity index (χ1v) is 7.85. The van der Waals surface area contributed by atoms with Crippen LogP contribution in [-0.2, 0) is 0 Å². The molecule has 0 amide bonds. The Morgan fingerprint density at radius 1 is 1.22 bits per heavy atom. The summed E-state index contributed by atoms with van der Waals surface area (Å²) in [6.45, 7) is 7.56. The Labute approximate surface area is 112 Å². The van der Waals surface area contributed by atoms with E-state index in [1.807, 2.05) is 0 Å². The van der Waals surface area contributed by atoms with Crippen molar-refractivity contribution in [2.24, 2.45) is 28.9 Å². The molecule has 2 saturated carbocycles. The smallest absolute Gasteiger partial charge is 0.0718 e. The van der Waals surface area contributed by atoms with Gasteiger partial charge in [0.2, 0.25) is 0 Å². The average Bonchev–Trinajstić information content (AvgIpc) is 2.73. The molecule has 0 heterocycles. The Kier molecular flexibility index (Phi) is 4.08. The van der Waals surface area contributed by atoms with E-state index in [0.717, 1.165) is 31.6 Å². The second kappa shape index (κ2) is 5.13. The minimum Gasteiger partial charge on any atom is -0.389 e. The average molecular weight is 253 g/mol. The van der Waals surface area contributed by atoms with Crippen molar-refractivity contribution in [2.75, 3.05) is 6.54 Å². The van der Waals surface area contributed by atoms with Gasteiger partial charge in [0.15, 0.2) is 0 Å². The quantitative estimate of drug-likeness (QED) is 0.810. The highest BCUT2D eigenvalue weighted by atomic mass is 16.3. The van der Waals surface area contributed by atoms with Gasteiger partial charge in [-0.25, -0.2) is 0 Å². The second-order valence-electron chi connectivity index (χ2n) is 7.46. The molecule has 0 spiro atoms. The fourth-order valence-electron chi connectivity index (χ4n) is 4.54. The van der Waals surface area contributed by atoms with E-state index in [1.165, 1.54) is 19.3 Å². The van der Waals surface area contributed by atoms with Crippen LogP contribution in [0.2, 0.25) is 0 Å². The lowest BCUT2D eigenvalue weighted by Crippen LogP contribution is -2.54. The van der Waals surface area contributed by atoms with E-state index in [4.69, 9.17) is 5.73 Å². The maximum Gasteiger partial charge on any atom is 0.0718 e. The lowest BCUT2D eigenvalue weighted by atomic mass is 9.60. The maximum absolute atomic E-state index is 11.3. The molecule has 2 nitrogen and oxygen atoms in total. The molecule has 0 aromatic rings. The molecular formula is C16H31NO. The number of hydrogen-bond acceptors (Lipinski definition) is 2. The molecule has 18 heavy (non-hydrogen) atoms. The molecule has 0 aromatic heterocycles. The zero-order chi connectivity index (χ0) is 13.4. The van der Waals surface area contributed by atoms with Gasteiger partial charge in [-0.1, -0.05) is 33.6 Å². The van der Waals surface area contributed by atoms with Gasteiger partial charge < -0.3 is 10.8 Å². The van der Waals surface area contributed by atoms with Crippen molar-refractivity contribution in [2.45, 2.75) is 71.3 Å². The van der Waals surface area contributed by atoms with Gasteiger partial charge in [0.05, 0.1) is 5.60 Å². The topological polar surface area (TPSA) is 46.2 Å². The summed E-state index contributed by atoms with van der Waals surface area (Å²) in [5, 5.41) is 11.3. The summed E-state index contributed by atoms with van der Waals surface area (Å²) in [6, 6.07) is 0. The van der Waals surface area contributed by atoms with Gasteiger partial charge in [-0.2, -0.15) is 0 Å². The second-order valence-corrected chi connectivity index (χ2v) is 7.46. The normalized spacial score (nSPS) is 45.7. The van der Waals surface area contributed by atoms with Crippen LogP contribution in [0.15, 0.2) is 0 Å². The third-order valence-electron chi connectivity index (χ3n) is 5.94. The molecule has 2 aliphatic rings. The molecule has 0 saturated heterocycles. The minimum absolute atomic E-state index is 0.0139. The summed E-state index contributed by atoms with van der Waals surface area (Å²) in [6.07, 6.45) is 7.92. The monoisotopic (exact) mass is 253 g/mol. The molecule has 0 aliphatic heterocycles. The predicted octanol–water partition coefficient (Wildman–Crippen LogP) is 3.33. The van der Waals surface area contributed by atoms with E-state index >= 15 is 0 Å². The van der Waals surface area contributed by atoms with Gasteiger partial charge in [-0.05, 0) is 49.9 Å². The Balaban J connectivity index is 2.18. The standard InChI is InChI=1S/C16H31NO/c1-12(2)14-5-4-7-16(18,10-14)15(11-17)8-6-13(3)9-15/h12-14,18H,4-11,17H2,1-3H3. The number of aliphatic hydroxyl groups is 1. The molecule has 0 bridgehead atoms. The summed E-state index contributed by atoms with van der Waals surface area (Å²) in [5.74, 6) is 2.10. The molecule has 3 N–H and O–H groups in total. The summed E-state index contributed by atoms with van der Waals surface area (Å²) in [4.78, 5) is 0. The lowest BCUT2D eigenvalue weighted by molar-refractivity contribution is -0.121. The largest absolute Gasteiger partial charge is 0.389 e. The van der Waals surface area contributed by atoms with Crippen molar-refractivity contribution in [3.63, 3.8) is 0 Å². The Morgan fingerprint density at radius 3 is 2.44 bits per heavy atom. The highest BCUT2D eigenvalue weighted by molar-refractivity contribution is 5.05. The Bertz CT molecular complexity index is 291. The number of rotatable bonds is 3. The molecule has 2 rings (SSSR count). The van der Waals surface area contributed by atoms with E-state index in [-0.39, 0.29) is 5.41 Å². The number of hydrogen-bond donors (Lipinski definition) is 2. The van der Waals surface area contributed by atoms with Gasteiger partial charge in [0.25, 0.3) is 0 Å². The van der Waals surface area contributed by atoms with Gasteiger partial charge in [-0.3, -0.25) is 0 Å². The van der Waals surface area contributed by atoms with Crippen LogP contribution in [0.5, 0.6) is 0 Å². The maximum atomic E-state index is 11.3. The third kappa shape index (κ3) is 2.34. The molecule has 2 heteroatoms. The van der Waals surface area contributed by atoms with Crippen molar-refractivity contribution in [1.29, 1.82) is 0 Å². The van der Waals surface area contributed by atoms with E-state index in [2.05, 4.69) is 20.8 Å². The van der Waals surface area contributed by atoms with Crippen LogP contribution in [-0.4, -0.2) is 17.3 Å². The molecular weight excluding hydrogens is 222 g/mol. The first-order chi connectivity index (χ1) is 8.42. The summed E-state index contributed by atoms with van der Waals surface area (Å²) in [5.41, 5.74) is 5.64. The van der Waals surface area contributed by atoms with Crippen LogP contribution in [0.1, 0.15) is 65.7 Å². The van der Waals surface area contributed by atoms with Crippen LogP contribution in [0.4, 0.5) is 0 Å². The lowest BCUT2D eigenvalue weighted by Gasteiger charge is -2.50. The van der Waals surface area contributed by atoms with Gasteiger partial charge in [0, 0.05) is 12.0 Å². The van der Waals surface area contributed by atoms with Crippen molar-refractivity contribution >= 4 is 0 Å². The van der Waals surface area contributed by atoms with Crippen LogP contribution in [0.3, 0.4) is 0 Å². The SMILES string of the molecule is CC1CCC(CN)(C2(O)CCCC(C(C)C)C2)C1.